The molecule has 7 nitrogen and oxygen atoms in total. The number of carbonyl (C=O) groups is 1. The Morgan fingerprint density at radius 1 is 1.38 bits per heavy atom. The highest BCUT2D eigenvalue weighted by molar-refractivity contribution is 7.99. The summed E-state index contributed by atoms with van der Waals surface area (Å²) >= 11 is 1.07. The van der Waals surface area contributed by atoms with Crippen LogP contribution in [0.4, 0.5) is 15.8 Å². The molecule has 0 aliphatic heterocycles. The summed E-state index contributed by atoms with van der Waals surface area (Å²) in [4.78, 5) is 29.5. The van der Waals surface area contributed by atoms with Gasteiger partial charge in [0.15, 0.2) is 5.16 Å². The van der Waals surface area contributed by atoms with Crippen molar-refractivity contribution < 1.29 is 14.1 Å². The van der Waals surface area contributed by atoms with Gasteiger partial charge in [-0.25, -0.2) is 14.4 Å². The normalized spacial score (nSPS) is 10.1. The predicted molar refractivity (Wildman–Crippen MR) is 74.4 cm³/mol. The van der Waals surface area contributed by atoms with Crippen molar-refractivity contribution in [2.24, 2.45) is 0 Å². The van der Waals surface area contributed by atoms with Crippen molar-refractivity contribution in [3.8, 4) is 0 Å². The number of rotatable bonds is 5. The summed E-state index contributed by atoms with van der Waals surface area (Å²) in [6.45, 7) is 0. The van der Waals surface area contributed by atoms with Gasteiger partial charge in [-0.1, -0.05) is 11.8 Å². The van der Waals surface area contributed by atoms with Crippen molar-refractivity contribution in [1.29, 1.82) is 0 Å². The zero-order valence-corrected chi connectivity index (χ0v) is 11.3. The SMILES string of the molecule is O=C(CSc1ncccn1)Nc1cc([N+](=O)[O-])ccc1F. The largest absolute Gasteiger partial charge is 0.323 e. The average Bonchev–Trinajstić information content (AvgIpc) is 2.48. The standard InChI is InChI=1S/C12H9FN4O3S/c13-9-3-2-8(17(19)20)6-10(9)16-11(18)7-21-12-14-4-1-5-15-12/h1-6H,7H2,(H,16,18). The molecule has 0 bridgehead atoms. The van der Waals surface area contributed by atoms with Gasteiger partial charge in [0.1, 0.15) is 5.82 Å². The van der Waals surface area contributed by atoms with Crippen molar-refractivity contribution in [3.63, 3.8) is 0 Å². The lowest BCUT2D eigenvalue weighted by Crippen LogP contribution is -2.15. The molecule has 0 radical (unpaired) electrons. The second-order valence-electron chi connectivity index (χ2n) is 3.79. The number of amides is 1. The molecule has 0 unspecified atom stereocenters. The molecule has 1 aromatic heterocycles. The molecule has 21 heavy (non-hydrogen) atoms. The molecule has 0 spiro atoms. The van der Waals surface area contributed by atoms with Gasteiger partial charge in [-0.15, -0.1) is 0 Å². The Hall–Kier alpha value is -2.55. The molecule has 2 aromatic rings. The summed E-state index contributed by atoms with van der Waals surface area (Å²) in [5.41, 5.74) is -0.533. The van der Waals surface area contributed by atoms with E-state index in [2.05, 4.69) is 15.3 Å². The van der Waals surface area contributed by atoms with E-state index in [9.17, 15) is 19.3 Å². The summed E-state index contributed by atoms with van der Waals surface area (Å²) in [6.07, 6.45) is 3.07. The van der Waals surface area contributed by atoms with Gasteiger partial charge < -0.3 is 5.32 Å². The second-order valence-corrected chi connectivity index (χ2v) is 4.73. The molecular formula is C12H9FN4O3S. The third-order valence-corrected chi connectivity index (χ3v) is 3.18. The number of hydrogen-bond donors (Lipinski definition) is 1. The molecule has 0 aliphatic rings. The smallest absolute Gasteiger partial charge is 0.271 e. The number of carbonyl (C=O) groups excluding carboxylic acids is 1. The highest BCUT2D eigenvalue weighted by Crippen LogP contribution is 2.21. The second kappa shape index (κ2) is 6.75. The molecular weight excluding hydrogens is 299 g/mol. The minimum absolute atomic E-state index is 0.0356. The molecule has 0 saturated heterocycles. The summed E-state index contributed by atoms with van der Waals surface area (Å²) in [7, 11) is 0. The Kier molecular flexibility index (Phi) is 4.77. The van der Waals surface area contributed by atoms with E-state index < -0.39 is 16.6 Å². The highest BCUT2D eigenvalue weighted by atomic mass is 32.2. The van der Waals surface area contributed by atoms with Gasteiger partial charge in [0.2, 0.25) is 5.91 Å². The van der Waals surface area contributed by atoms with E-state index in [-0.39, 0.29) is 17.1 Å². The van der Waals surface area contributed by atoms with Crippen LogP contribution < -0.4 is 5.32 Å². The number of non-ortho nitro benzene ring substituents is 1. The van der Waals surface area contributed by atoms with Gasteiger partial charge in [0, 0.05) is 24.5 Å². The van der Waals surface area contributed by atoms with Crippen LogP contribution >= 0.6 is 11.8 Å². The van der Waals surface area contributed by atoms with Gasteiger partial charge in [-0.2, -0.15) is 0 Å². The maximum absolute atomic E-state index is 13.5. The van der Waals surface area contributed by atoms with Gasteiger partial charge >= 0.3 is 0 Å². The van der Waals surface area contributed by atoms with Crippen LogP contribution in [0, 0.1) is 15.9 Å². The molecule has 1 N–H and O–H groups in total. The Morgan fingerprint density at radius 3 is 2.76 bits per heavy atom. The number of nitro benzene ring substituents is 1. The van der Waals surface area contributed by atoms with E-state index in [0.29, 0.717) is 5.16 Å². The number of benzene rings is 1. The molecule has 9 heteroatoms. The maximum atomic E-state index is 13.5. The first-order chi connectivity index (χ1) is 10.1. The van der Waals surface area contributed by atoms with Crippen LogP contribution in [0.3, 0.4) is 0 Å². The summed E-state index contributed by atoms with van der Waals surface area (Å²) in [5.74, 6) is -1.28. The number of anilines is 1. The van der Waals surface area contributed by atoms with Crippen LogP contribution in [0.15, 0.2) is 41.8 Å². The molecule has 108 valence electrons. The van der Waals surface area contributed by atoms with E-state index in [0.717, 1.165) is 30.0 Å². The molecule has 0 aliphatic carbocycles. The van der Waals surface area contributed by atoms with Gasteiger partial charge in [-0.05, 0) is 12.1 Å². The first-order valence-electron chi connectivity index (χ1n) is 5.70. The number of nitrogens with one attached hydrogen (secondary N) is 1. The minimum atomic E-state index is -0.741. The van der Waals surface area contributed by atoms with Crippen molar-refractivity contribution >= 4 is 29.0 Å². The fraction of sp³-hybridized carbons (Fsp3) is 0.0833. The quantitative estimate of drug-likeness (QED) is 0.394. The Balaban J connectivity index is 1.99. The van der Waals surface area contributed by atoms with Gasteiger partial charge in [0.05, 0.1) is 16.4 Å². The maximum Gasteiger partial charge on any atom is 0.271 e. The first-order valence-corrected chi connectivity index (χ1v) is 6.68. The molecule has 0 fully saturated rings. The molecule has 1 amide bonds. The number of nitrogens with zero attached hydrogens (tertiary/aromatic N) is 3. The molecule has 0 atom stereocenters. The number of nitro groups is 1. The summed E-state index contributed by atoms with van der Waals surface area (Å²) in [5, 5.41) is 13.3. The topological polar surface area (TPSA) is 98.0 Å². The zero-order valence-electron chi connectivity index (χ0n) is 10.5. The van der Waals surface area contributed by atoms with E-state index in [1.54, 1.807) is 6.07 Å². The Labute approximate surface area is 122 Å². The lowest BCUT2D eigenvalue weighted by Gasteiger charge is -2.05. The van der Waals surface area contributed by atoms with E-state index >= 15 is 0 Å². The monoisotopic (exact) mass is 308 g/mol. The number of thioether (sulfide) groups is 1. The van der Waals surface area contributed by atoms with Crippen molar-refractivity contribution in [2.75, 3.05) is 11.1 Å². The van der Waals surface area contributed by atoms with Gasteiger partial charge in [-0.3, -0.25) is 14.9 Å². The van der Waals surface area contributed by atoms with Crippen LogP contribution in [0.5, 0.6) is 0 Å². The lowest BCUT2D eigenvalue weighted by atomic mass is 10.2. The summed E-state index contributed by atoms with van der Waals surface area (Å²) in [6, 6.07) is 4.57. The van der Waals surface area contributed by atoms with Crippen molar-refractivity contribution in [3.05, 3.63) is 52.6 Å². The van der Waals surface area contributed by atoms with E-state index in [1.165, 1.54) is 12.4 Å². The van der Waals surface area contributed by atoms with E-state index in [1.807, 2.05) is 0 Å². The molecule has 1 heterocycles. The minimum Gasteiger partial charge on any atom is -0.323 e. The van der Waals surface area contributed by atoms with Crippen molar-refractivity contribution in [2.45, 2.75) is 5.16 Å². The molecule has 2 rings (SSSR count). The fourth-order valence-corrected chi connectivity index (χ4v) is 2.00. The molecule has 1 aromatic carbocycles. The van der Waals surface area contributed by atoms with Crippen LogP contribution in [-0.4, -0.2) is 26.6 Å². The van der Waals surface area contributed by atoms with Gasteiger partial charge in [0.25, 0.3) is 5.69 Å². The summed E-state index contributed by atoms with van der Waals surface area (Å²) < 4.78 is 13.5. The number of hydrogen-bond acceptors (Lipinski definition) is 6. The lowest BCUT2D eigenvalue weighted by molar-refractivity contribution is -0.384. The third kappa shape index (κ3) is 4.21. The molecule has 0 saturated carbocycles. The number of aromatic nitrogens is 2. The van der Waals surface area contributed by atoms with Crippen LogP contribution in [0.1, 0.15) is 0 Å². The number of halogens is 1. The van der Waals surface area contributed by atoms with Crippen molar-refractivity contribution in [1.82, 2.24) is 9.97 Å². The average molecular weight is 308 g/mol. The van der Waals surface area contributed by atoms with Crippen LogP contribution in [0.25, 0.3) is 0 Å². The van der Waals surface area contributed by atoms with Crippen LogP contribution in [-0.2, 0) is 4.79 Å². The van der Waals surface area contributed by atoms with Crippen LogP contribution in [0.2, 0.25) is 0 Å². The fourth-order valence-electron chi connectivity index (χ4n) is 1.40. The third-order valence-electron chi connectivity index (χ3n) is 2.31. The Morgan fingerprint density at radius 2 is 2.10 bits per heavy atom. The highest BCUT2D eigenvalue weighted by Gasteiger charge is 2.13. The Bertz CT molecular complexity index is 669. The van der Waals surface area contributed by atoms with E-state index in [4.69, 9.17) is 0 Å². The predicted octanol–water partition coefficient (Wildman–Crippen LogP) is 2.25. The zero-order chi connectivity index (χ0) is 15.2. The first kappa shape index (κ1) is 14.9.